The quantitative estimate of drug-likeness (QED) is 0.836. The predicted octanol–water partition coefficient (Wildman–Crippen LogP) is 2.46. The molecule has 0 amide bonds. The first-order chi connectivity index (χ1) is 9.07. The Hall–Kier alpha value is -1.30. The van der Waals surface area contributed by atoms with Gasteiger partial charge in [0.1, 0.15) is 0 Å². The molecule has 1 aromatic carbocycles. The Bertz CT molecular complexity index is 446. The summed E-state index contributed by atoms with van der Waals surface area (Å²) in [6, 6.07) is 11.2. The Morgan fingerprint density at radius 1 is 1.42 bits per heavy atom. The van der Waals surface area contributed by atoms with Crippen molar-refractivity contribution in [3.05, 3.63) is 35.9 Å². The van der Waals surface area contributed by atoms with Gasteiger partial charge < -0.3 is 5.32 Å². The largest absolute Gasteiger partial charge is 0.305 e. The molecule has 2 rings (SSSR count). The monoisotopic (exact) mass is 256 g/mol. The van der Waals surface area contributed by atoms with Crippen molar-refractivity contribution >= 4 is 0 Å². The normalized spacial score (nSPS) is 28.3. The van der Waals surface area contributed by atoms with Gasteiger partial charge in [0.25, 0.3) is 0 Å². The van der Waals surface area contributed by atoms with Crippen LogP contribution < -0.4 is 5.32 Å². The first-order valence-electron chi connectivity index (χ1n) is 7.05. The lowest BCUT2D eigenvalue weighted by molar-refractivity contribution is 0.0733. The van der Waals surface area contributed by atoms with E-state index in [0.29, 0.717) is 12.0 Å². The molecule has 2 heteroatoms. The molecule has 1 fully saturated rings. The Balaban J connectivity index is 2.21. The van der Waals surface area contributed by atoms with Gasteiger partial charge in [0, 0.05) is 19.1 Å². The molecule has 1 N–H and O–H groups in total. The van der Waals surface area contributed by atoms with Crippen LogP contribution in [0.1, 0.15) is 26.3 Å². The zero-order chi connectivity index (χ0) is 13.9. The van der Waals surface area contributed by atoms with Gasteiger partial charge >= 0.3 is 0 Å². The third-order valence-electron chi connectivity index (χ3n) is 4.16. The van der Waals surface area contributed by atoms with E-state index in [1.54, 1.807) is 0 Å². The Morgan fingerprint density at radius 2 is 2.11 bits per heavy atom. The van der Waals surface area contributed by atoms with Gasteiger partial charge in [-0.25, -0.2) is 0 Å². The van der Waals surface area contributed by atoms with E-state index in [-0.39, 0.29) is 5.54 Å². The van der Waals surface area contributed by atoms with Crippen molar-refractivity contribution in [2.45, 2.75) is 32.4 Å². The number of rotatable bonds is 3. The highest BCUT2D eigenvalue weighted by Gasteiger charge is 2.37. The standard InChI is InChI=1S/C17H24N2/c1-5-11-19-13-17(4,15-9-7-6-8-10-15)18-12-16(19)14(2)3/h1,6-10,14,16,18H,11-13H2,2-4H3. The van der Waals surface area contributed by atoms with Gasteiger partial charge in [0.15, 0.2) is 0 Å². The number of hydrogen-bond acceptors (Lipinski definition) is 2. The molecule has 0 radical (unpaired) electrons. The van der Waals surface area contributed by atoms with E-state index < -0.39 is 0 Å². The predicted molar refractivity (Wildman–Crippen MR) is 80.8 cm³/mol. The maximum absolute atomic E-state index is 5.54. The second kappa shape index (κ2) is 5.77. The number of terminal acetylenes is 1. The highest BCUT2D eigenvalue weighted by Crippen LogP contribution is 2.28. The van der Waals surface area contributed by atoms with Crippen LogP contribution in [0.25, 0.3) is 0 Å². The van der Waals surface area contributed by atoms with Gasteiger partial charge in [-0.15, -0.1) is 6.42 Å². The smallest absolute Gasteiger partial charge is 0.0602 e. The SMILES string of the molecule is C#CCN1CC(C)(c2ccccc2)NCC1C(C)C. The minimum Gasteiger partial charge on any atom is -0.305 e. The molecule has 0 spiro atoms. The van der Waals surface area contributed by atoms with Crippen molar-refractivity contribution < 1.29 is 0 Å². The fourth-order valence-electron chi connectivity index (χ4n) is 2.99. The van der Waals surface area contributed by atoms with E-state index in [2.05, 4.69) is 67.2 Å². The summed E-state index contributed by atoms with van der Waals surface area (Å²) in [6.07, 6.45) is 5.54. The van der Waals surface area contributed by atoms with Gasteiger partial charge in [-0.2, -0.15) is 0 Å². The second-order valence-electron chi connectivity index (χ2n) is 6.00. The summed E-state index contributed by atoms with van der Waals surface area (Å²) < 4.78 is 0. The number of piperazine rings is 1. The highest BCUT2D eigenvalue weighted by molar-refractivity contribution is 5.25. The minimum absolute atomic E-state index is 0.0104. The van der Waals surface area contributed by atoms with Crippen LogP contribution in [0.15, 0.2) is 30.3 Å². The van der Waals surface area contributed by atoms with E-state index in [0.717, 1.165) is 19.6 Å². The minimum atomic E-state index is -0.0104. The van der Waals surface area contributed by atoms with Crippen molar-refractivity contribution in [1.82, 2.24) is 10.2 Å². The summed E-state index contributed by atoms with van der Waals surface area (Å²) in [4.78, 5) is 2.44. The van der Waals surface area contributed by atoms with Crippen LogP contribution in [0, 0.1) is 18.3 Å². The number of hydrogen-bond donors (Lipinski definition) is 1. The lowest BCUT2D eigenvalue weighted by Crippen LogP contribution is -2.62. The molecule has 2 nitrogen and oxygen atoms in total. The lowest BCUT2D eigenvalue weighted by Gasteiger charge is -2.47. The van der Waals surface area contributed by atoms with Crippen molar-refractivity contribution in [3.63, 3.8) is 0 Å². The third kappa shape index (κ3) is 3.00. The zero-order valence-electron chi connectivity index (χ0n) is 12.2. The molecule has 0 saturated carbocycles. The van der Waals surface area contributed by atoms with Crippen LogP contribution in [-0.4, -0.2) is 30.6 Å². The van der Waals surface area contributed by atoms with Gasteiger partial charge in [-0.3, -0.25) is 4.90 Å². The number of nitrogens with zero attached hydrogens (tertiary/aromatic N) is 1. The number of nitrogens with one attached hydrogen (secondary N) is 1. The van der Waals surface area contributed by atoms with Crippen molar-refractivity contribution in [2.75, 3.05) is 19.6 Å². The van der Waals surface area contributed by atoms with E-state index in [9.17, 15) is 0 Å². The van der Waals surface area contributed by atoms with Gasteiger partial charge in [-0.05, 0) is 18.4 Å². The summed E-state index contributed by atoms with van der Waals surface area (Å²) >= 11 is 0. The molecule has 1 saturated heterocycles. The molecule has 19 heavy (non-hydrogen) atoms. The molecule has 102 valence electrons. The molecular weight excluding hydrogens is 232 g/mol. The van der Waals surface area contributed by atoms with Crippen LogP contribution in [0.3, 0.4) is 0 Å². The zero-order valence-corrected chi connectivity index (χ0v) is 12.2. The first-order valence-corrected chi connectivity index (χ1v) is 7.05. The summed E-state index contributed by atoms with van der Waals surface area (Å²) in [5, 5.41) is 3.72. The maximum Gasteiger partial charge on any atom is 0.0602 e. The van der Waals surface area contributed by atoms with Crippen molar-refractivity contribution in [1.29, 1.82) is 0 Å². The molecular formula is C17H24N2. The van der Waals surface area contributed by atoms with E-state index in [4.69, 9.17) is 6.42 Å². The highest BCUT2D eigenvalue weighted by atomic mass is 15.3. The second-order valence-corrected chi connectivity index (χ2v) is 6.00. The summed E-state index contributed by atoms with van der Waals surface area (Å²) in [6.45, 7) is 9.48. The van der Waals surface area contributed by atoms with Gasteiger partial charge in [-0.1, -0.05) is 50.1 Å². The summed E-state index contributed by atoms with van der Waals surface area (Å²) in [7, 11) is 0. The molecule has 0 aliphatic carbocycles. The average Bonchev–Trinajstić information content (AvgIpc) is 2.40. The Kier molecular flexibility index (Phi) is 4.29. The lowest BCUT2D eigenvalue weighted by atomic mass is 9.86. The molecule has 1 aromatic rings. The van der Waals surface area contributed by atoms with E-state index >= 15 is 0 Å². The van der Waals surface area contributed by atoms with E-state index in [1.165, 1.54) is 5.56 Å². The number of benzene rings is 1. The summed E-state index contributed by atoms with van der Waals surface area (Å²) in [5.41, 5.74) is 1.32. The molecule has 1 aliphatic rings. The van der Waals surface area contributed by atoms with Gasteiger partial charge in [0.2, 0.25) is 0 Å². The fraction of sp³-hybridized carbons (Fsp3) is 0.529. The first kappa shape index (κ1) is 14.1. The van der Waals surface area contributed by atoms with Crippen LogP contribution in [0.5, 0.6) is 0 Å². The molecule has 2 atom stereocenters. The molecule has 1 aliphatic heterocycles. The van der Waals surface area contributed by atoms with Crippen LogP contribution in [-0.2, 0) is 5.54 Å². The molecule has 0 aromatic heterocycles. The maximum atomic E-state index is 5.54. The third-order valence-corrected chi connectivity index (χ3v) is 4.16. The van der Waals surface area contributed by atoms with Gasteiger partial charge in [0.05, 0.1) is 12.1 Å². The Labute approximate surface area is 117 Å². The van der Waals surface area contributed by atoms with Crippen LogP contribution >= 0.6 is 0 Å². The topological polar surface area (TPSA) is 15.3 Å². The van der Waals surface area contributed by atoms with Crippen molar-refractivity contribution in [2.24, 2.45) is 5.92 Å². The van der Waals surface area contributed by atoms with Crippen molar-refractivity contribution in [3.8, 4) is 12.3 Å². The summed E-state index contributed by atoms with van der Waals surface area (Å²) in [5.74, 6) is 3.42. The van der Waals surface area contributed by atoms with E-state index in [1.807, 2.05) is 0 Å². The van der Waals surface area contributed by atoms with Crippen LogP contribution in [0.4, 0.5) is 0 Å². The molecule has 0 bridgehead atoms. The fourth-order valence-corrected chi connectivity index (χ4v) is 2.99. The average molecular weight is 256 g/mol. The molecule has 1 heterocycles. The molecule has 2 unspecified atom stereocenters. The van der Waals surface area contributed by atoms with Crippen LogP contribution in [0.2, 0.25) is 0 Å². The Morgan fingerprint density at radius 3 is 2.68 bits per heavy atom.